The molecular formula is C18H19N5O4S. The van der Waals surface area contributed by atoms with Gasteiger partial charge in [-0.25, -0.2) is 9.78 Å². The lowest BCUT2D eigenvalue weighted by molar-refractivity contribution is 0.0849. The number of thiophene rings is 1. The Balaban J connectivity index is 1.82. The lowest BCUT2D eigenvalue weighted by atomic mass is 10.2. The van der Waals surface area contributed by atoms with Crippen LogP contribution in [0.4, 0.5) is 0 Å². The number of nitrogens with zero attached hydrogens (tertiary/aromatic N) is 3. The number of carbonyl (C=O) groups is 2. The molecule has 0 aromatic carbocycles. The molecule has 0 aliphatic heterocycles. The normalized spacial score (nSPS) is 10.9. The zero-order valence-electron chi connectivity index (χ0n) is 15.8. The summed E-state index contributed by atoms with van der Waals surface area (Å²) >= 11 is 1.37. The van der Waals surface area contributed by atoms with Crippen molar-refractivity contribution in [3.05, 3.63) is 60.0 Å². The summed E-state index contributed by atoms with van der Waals surface area (Å²) in [5, 5.41) is 0.130. The molecule has 0 spiro atoms. The van der Waals surface area contributed by atoms with Crippen LogP contribution in [0.2, 0.25) is 0 Å². The van der Waals surface area contributed by atoms with E-state index in [9.17, 15) is 19.2 Å². The summed E-state index contributed by atoms with van der Waals surface area (Å²) in [6.45, 7) is 3.94. The van der Waals surface area contributed by atoms with Crippen molar-refractivity contribution >= 4 is 34.2 Å². The van der Waals surface area contributed by atoms with E-state index in [2.05, 4.69) is 15.8 Å². The Morgan fingerprint density at radius 3 is 2.43 bits per heavy atom. The predicted molar refractivity (Wildman–Crippen MR) is 106 cm³/mol. The van der Waals surface area contributed by atoms with Crippen LogP contribution in [0.3, 0.4) is 0 Å². The van der Waals surface area contributed by atoms with Gasteiger partial charge in [-0.15, -0.1) is 11.3 Å². The predicted octanol–water partition coefficient (Wildman–Crippen LogP) is 0.639. The first-order chi connectivity index (χ1) is 13.2. The van der Waals surface area contributed by atoms with Gasteiger partial charge in [-0.3, -0.25) is 34.4 Å². The second-order valence-corrected chi connectivity index (χ2v) is 7.42. The maximum absolute atomic E-state index is 12.4. The SMILES string of the molecule is CCc1sc(C(=O)NNC(=O)c2cnc3c(c2)c(=O)n(C)c(=O)n3C)cc1C. The third-order valence-electron chi connectivity index (χ3n) is 4.41. The van der Waals surface area contributed by atoms with Gasteiger partial charge < -0.3 is 0 Å². The molecule has 0 unspecified atom stereocenters. The van der Waals surface area contributed by atoms with Crippen molar-refractivity contribution in [3.63, 3.8) is 0 Å². The molecule has 3 heterocycles. The maximum atomic E-state index is 12.4. The molecule has 0 saturated heterocycles. The number of amides is 2. The Labute approximate surface area is 163 Å². The van der Waals surface area contributed by atoms with E-state index < -0.39 is 23.1 Å². The van der Waals surface area contributed by atoms with Crippen LogP contribution < -0.4 is 22.1 Å². The van der Waals surface area contributed by atoms with Crippen LogP contribution in [0.25, 0.3) is 11.0 Å². The molecule has 0 aliphatic carbocycles. The smallest absolute Gasteiger partial charge is 0.280 e. The van der Waals surface area contributed by atoms with Gasteiger partial charge in [0.05, 0.1) is 15.8 Å². The summed E-state index contributed by atoms with van der Waals surface area (Å²) in [4.78, 5) is 54.5. The molecule has 2 N–H and O–H groups in total. The van der Waals surface area contributed by atoms with Gasteiger partial charge in [0.25, 0.3) is 17.4 Å². The molecule has 3 aromatic rings. The van der Waals surface area contributed by atoms with Gasteiger partial charge in [0.2, 0.25) is 0 Å². The van der Waals surface area contributed by atoms with Gasteiger partial charge in [0.15, 0.2) is 0 Å². The van der Waals surface area contributed by atoms with Crippen molar-refractivity contribution in [1.29, 1.82) is 0 Å². The van der Waals surface area contributed by atoms with Gasteiger partial charge in [0, 0.05) is 25.2 Å². The van der Waals surface area contributed by atoms with Crippen molar-refractivity contribution in [2.45, 2.75) is 20.3 Å². The first-order valence-corrected chi connectivity index (χ1v) is 9.32. The van der Waals surface area contributed by atoms with Crippen molar-refractivity contribution in [1.82, 2.24) is 25.0 Å². The van der Waals surface area contributed by atoms with E-state index in [1.165, 1.54) is 42.3 Å². The molecule has 28 heavy (non-hydrogen) atoms. The van der Waals surface area contributed by atoms with E-state index in [0.717, 1.165) is 21.4 Å². The molecule has 2 amide bonds. The van der Waals surface area contributed by atoms with Crippen LogP contribution in [0.15, 0.2) is 27.9 Å². The maximum Gasteiger partial charge on any atom is 0.332 e. The van der Waals surface area contributed by atoms with Crippen LogP contribution in [0.1, 0.15) is 37.4 Å². The molecule has 0 radical (unpaired) electrons. The number of hydrogen-bond donors (Lipinski definition) is 2. The molecule has 0 atom stereocenters. The van der Waals surface area contributed by atoms with Crippen molar-refractivity contribution in [3.8, 4) is 0 Å². The van der Waals surface area contributed by atoms with Crippen LogP contribution in [0.5, 0.6) is 0 Å². The molecule has 0 aliphatic rings. The molecule has 0 fully saturated rings. The highest BCUT2D eigenvalue weighted by Crippen LogP contribution is 2.22. The number of hydrazine groups is 1. The number of aromatic nitrogens is 3. The fraction of sp³-hybridized carbons (Fsp3) is 0.278. The summed E-state index contributed by atoms with van der Waals surface area (Å²) in [6, 6.07) is 3.11. The largest absolute Gasteiger partial charge is 0.332 e. The molecule has 3 rings (SSSR count). The second kappa shape index (κ2) is 7.39. The summed E-state index contributed by atoms with van der Waals surface area (Å²) in [5.41, 5.74) is 4.91. The monoisotopic (exact) mass is 401 g/mol. The lowest BCUT2D eigenvalue weighted by Crippen LogP contribution is -2.41. The Kier molecular flexibility index (Phi) is 5.14. The zero-order chi connectivity index (χ0) is 20.6. The molecule has 0 saturated carbocycles. The summed E-state index contributed by atoms with van der Waals surface area (Å²) in [6.07, 6.45) is 2.07. The average molecular weight is 401 g/mol. The highest BCUT2D eigenvalue weighted by atomic mass is 32.1. The molecular weight excluding hydrogens is 382 g/mol. The van der Waals surface area contributed by atoms with E-state index >= 15 is 0 Å². The van der Waals surface area contributed by atoms with E-state index in [1.807, 2.05) is 13.8 Å². The third-order valence-corrected chi connectivity index (χ3v) is 5.79. The zero-order valence-corrected chi connectivity index (χ0v) is 16.6. The van der Waals surface area contributed by atoms with Gasteiger partial charge in [-0.1, -0.05) is 6.92 Å². The van der Waals surface area contributed by atoms with Gasteiger partial charge in [0.1, 0.15) is 5.65 Å². The third kappa shape index (κ3) is 3.33. The fourth-order valence-corrected chi connectivity index (χ4v) is 3.83. The molecule has 0 bridgehead atoms. The summed E-state index contributed by atoms with van der Waals surface area (Å²) in [5.74, 6) is -1.05. The number of hydrogen-bond acceptors (Lipinski definition) is 6. The van der Waals surface area contributed by atoms with Crippen molar-refractivity contribution < 1.29 is 9.59 Å². The van der Waals surface area contributed by atoms with E-state index in [1.54, 1.807) is 6.07 Å². The minimum Gasteiger partial charge on any atom is -0.280 e. The van der Waals surface area contributed by atoms with Crippen molar-refractivity contribution in [2.75, 3.05) is 0 Å². The Bertz CT molecular complexity index is 1220. The minimum absolute atomic E-state index is 0.0835. The van der Waals surface area contributed by atoms with Gasteiger partial charge in [-0.05, 0) is 31.0 Å². The standard InChI is InChI=1S/C18H19N5O4S/c1-5-12-9(2)6-13(28-12)16(25)21-20-15(24)10-7-11-14(19-8-10)22(3)18(27)23(4)17(11)26/h6-8H,5H2,1-4H3,(H,20,24)(H,21,25). The average Bonchev–Trinajstić information content (AvgIpc) is 3.08. The number of fused-ring (bicyclic) bond motifs is 1. The Hall–Kier alpha value is -3.27. The Morgan fingerprint density at radius 1 is 1.11 bits per heavy atom. The Morgan fingerprint density at radius 2 is 1.79 bits per heavy atom. The molecule has 10 heteroatoms. The van der Waals surface area contributed by atoms with E-state index in [4.69, 9.17) is 0 Å². The highest BCUT2D eigenvalue weighted by Gasteiger charge is 2.16. The number of carbonyl (C=O) groups excluding carboxylic acids is 2. The van der Waals surface area contributed by atoms with Crippen LogP contribution >= 0.6 is 11.3 Å². The van der Waals surface area contributed by atoms with Gasteiger partial charge >= 0.3 is 5.69 Å². The first-order valence-electron chi connectivity index (χ1n) is 8.50. The van der Waals surface area contributed by atoms with Gasteiger partial charge in [-0.2, -0.15) is 0 Å². The fourth-order valence-electron chi connectivity index (χ4n) is 2.82. The molecule has 146 valence electrons. The molecule has 9 nitrogen and oxygen atoms in total. The lowest BCUT2D eigenvalue weighted by Gasteiger charge is -2.09. The van der Waals surface area contributed by atoms with E-state index in [-0.39, 0.29) is 16.6 Å². The van der Waals surface area contributed by atoms with E-state index in [0.29, 0.717) is 4.88 Å². The molecule has 3 aromatic heterocycles. The highest BCUT2D eigenvalue weighted by molar-refractivity contribution is 7.14. The summed E-state index contributed by atoms with van der Waals surface area (Å²) in [7, 11) is 2.84. The topological polar surface area (TPSA) is 115 Å². The first kappa shape index (κ1) is 19.5. The number of pyridine rings is 1. The number of rotatable bonds is 3. The second-order valence-electron chi connectivity index (χ2n) is 6.28. The van der Waals surface area contributed by atoms with Crippen LogP contribution in [-0.4, -0.2) is 25.9 Å². The van der Waals surface area contributed by atoms with Crippen LogP contribution in [0, 0.1) is 6.92 Å². The number of aryl methyl sites for hydroxylation is 3. The van der Waals surface area contributed by atoms with Crippen LogP contribution in [-0.2, 0) is 20.5 Å². The minimum atomic E-state index is -0.623. The quantitative estimate of drug-likeness (QED) is 0.625. The summed E-state index contributed by atoms with van der Waals surface area (Å²) < 4.78 is 2.17. The van der Waals surface area contributed by atoms with Crippen molar-refractivity contribution in [2.24, 2.45) is 14.1 Å². The number of nitrogens with one attached hydrogen (secondary N) is 2.